The summed E-state index contributed by atoms with van der Waals surface area (Å²) in [5.41, 5.74) is 2.03. The lowest BCUT2D eigenvalue weighted by Gasteiger charge is -2.04. The van der Waals surface area contributed by atoms with Gasteiger partial charge in [-0.25, -0.2) is 0 Å². The molecular formula is C22H18BrN3O3. The van der Waals surface area contributed by atoms with Crippen molar-refractivity contribution in [2.45, 2.75) is 6.92 Å². The van der Waals surface area contributed by atoms with E-state index in [4.69, 9.17) is 4.74 Å². The third-order valence-corrected chi connectivity index (χ3v) is 5.28. The second-order valence-electron chi connectivity index (χ2n) is 6.77. The van der Waals surface area contributed by atoms with Gasteiger partial charge in [-0.05, 0) is 63.5 Å². The van der Waals surface area contributed by atoms with Crippen molar-refractivity contribution in [3.8, 4) is 11.6 Å². The van der Waals surface area contributed by atoms with Crippen molar-refractivity contribution in [3.05, 3.63) is 64.6 Å². The molecule has 29 heavy (non-hydrogen) atoms. The molecule has 1 aromatic heterocycles. The summed E-state index contributed by atoms with van der Waals surface area (Å²) < 4.78 is 7.98. The number of fused-ring (bicyclic) bond motifs is 2. The third kappa shape index (κ3) is 3.73. The Bertz CT molecular complexity index is 1280. The zero-order valence-corrected chi connectivity index (χ0v) is 17.5. The summed E-state index contributed by atoms with van der Waals surface area (Å²) in [4.78, 5) is 12.2. The number of halogens is 1. The molecule has 1 N–H and O–H groups in total. The van der Waals surface area contributed by atoms with E-state index in [9.17, 15) is 9.90 Å². The largest absolute Gasteiger partial charge is 0.493 e. The number of azo groups is 1. The zero-order valence-electron chi connectivity index (χ0n) is 15.9. The maximum Gasteiger partial charge on any atom is 0.302 e. The number of aromatic nitrogens is 1. The molecule has 0 spiro atoms. The lowest BCUT2D eigenvalue weighted by molar-refractivity contribution is -0.120. The highest BCUT2D eigenvalue weighted by Gasteiger charge is 2.17. The van der Waals surface area contributed by atoms with Crippen molar-refractivity contribution in [3.63, 3.8) is 0 Å². The van der Waals surface area contributed by atoms with E-state index in [1.54, 1.807) is 11.6 Å². The molecule has 0 aliphatic carbocycles. The highest BCUT2D eigenvalue weighted by atomic mass is 79.9. The van der Waals surface area contributed by atoms with Crippen molar-refractivity contribution in [1.82, 2.24) is 4.57 Å². The Morgan fingerprint density at radius 2 is 1.90 bits per heavy atom. The Hall–Kier alpha value is -3.19. The van der Waals surface area contributed by atoms with Gasteiger partial charge in [0, 0.05) is 16.9 Å². The van der Waals surface area contributed by atoms with Gasteiger partial charge in [0.1, 0.15) is 5.75 Å². The first-order valence-corrected chi connectivity index (χ1v) is 9.77. The number of aromatic hydroxyl groups is 1. The zero-order chi connectivity index (χ0) is 20.5. The molecule has 0 unspecified atom stereocenters. The Labute approximate surface area is 175 Å². The summed E-state index contributed by atoms with van der Waals surface area (Å²) >= 11 is 3.50. The summed E-state index contributed by atoms with van der Waals surface area (Å²) in [5, 5.41) is 21.0. The number of hydrogen-bond acceptors (Lipinski definition) is 4. The molecule has 7 heteroatoms. The highest BCUT2D eigenvalue weighted by molar-refractivity contribution is 9.10. The molecule has 0 fully saturated rings. The fraction of sp³-hybridized carbons (Fsp3) is 0.136. The number of benzene rings is 3. The van der Waals surface area contributed by atoms with E-state index in [1.165, 1.54) is 0 Å². The number of nitrogens with zero attached hydrogens (tertiary/aromatic N) is 3. The van der Waals surface area contributed by atoms with Crippen LogP contribution in [-0.4, -0.2) is 22.2 Å². The van der Waals surface area contributed by atoms with Crippen LogP contribution in [0.15, 0.2) is 69.3 Å². The topological polar surface area (TPSA) is 76.2 Å². The Kier molecular flexibility index (Phi) is 5.07. The second-order valence-corrected chi connectivity index (χ2v) is 7.62. The van der Waals surface area contributed by atoms with Crippen molar-refractivity contribution in [1.29, 1.82) is 0 Å². The van der Waals surface area contributed by atoms with E-state index in [1.807, 2.05) is 61.5 Å². The van der Waals surface area contributed by atoms with Gasteiger partial charge in [-0.15, -0.1) is 10.2 Å². The predicted octanol–water partition coefficient (Wildman–Crippen LogP) is 5.80. The van der Waals surface area contributed by atoms with Crippen LogP contribution in [0.4, 0.5) is 5.69 Å². The maximum absolute atomic E-state index is 12.2. The monoisotopic (exact) mass is 451 g/mol. The molecule has 0 saturated heterocycles. The summed E-state index contributed by atoms with van der Waals surface area (Å²) in [6.45, 7) is 1.70. The normalized spacial score (nSPS) is 11.6. The minimum Gasteiger partial charge on any atom is -0.493 e. The van der Waals surface area contributed by atoms with E-state index in [0.717, 1.165) is 26.3 Å². The standard InChI is InChI=1S/C22H18BrN3O3/c1-13-9-17-20(22(28)26(2)21(17)18(23)10-13)25-24-19(27)12-29-16-8-7-14-5-3-4-6-15(14)11-16/h3-11,28H,12H2,1-2H3. The predicted molar refractivity (Wildman–Crippen MR) is 116 cm³/mol. The number of ether oxygens (including phenoxy) is 1. The number of carbonyl (C=O) groups is 1. The van der Waals surface area contributed by atoms with Gasteiger partial charge < -0.3 is 14.4 Å². The first kappa shape index (κ1) is 19.1. The summed E-state index contributed by atoms with van der Waals surface area (Å²) in [6, 6.07) is 17.4. The van der Waals surface area contributed by atoms with Crippen LogP contribution in [0.3, 0.4) is 0 Å². The van der Waals surface area contributed by atoms with Gasteiger partial charge in [0.05, 0.1) is 5.52 Å². The van der Waals surface area contributed by atoms with Crippen molar-refractivity contribution in [2.75, 3.05) is 6.61 Å². The second kappa shape index (κ2) is 7.67. The Morgan fingerprint density at radius 1 is 1.14 bits per heavy atom. The number of rotatable bonds is 4. The molecule has 3 aromatic carbocycles. The minimum absolute atomic E-state index is 0.0571. The van der Waals surface area contributed by atoms with Gasteiger partial charge in [0.15, 0.2) is 12.3 Å². The fourth-order valence-electron chi connectivity index (χ4n) is 3.28. The van der Waals surface area contributed by atoms with Gasteiger partial charge in [-0.3, -0.25) is 4.79 Å². The number of hydrogen-bond donors (Lipinski definition) is 1. The maximum atomic E-state index is 12.2. The van der Waals surface area contributed by atoms with Gasteiger partial charge in [-0.1, -0.05) is 30.3 Å². The molecule has 0 aliphatic heterocycles. The molecule has 146 valence electrons. The average Bonchev–Trinajstić information content (AvgIpc) is 2.94. The fourth-order valence-corrected chi connectivity index (χ4v) is 4.12. The molecular weight excluding hydrogens is 434 g/mol. The van der Waals surface area contributed by atoms with Crippen LogP contribution in [0.2, 0.25) is 0 Å². The molecule has 4 rings (SSSR count). The van der Waals surface area contributed by atoms with Gasteiger partial charge in [0.25, 0.3) is 0 Å². The van der Waals surface area contributed by atoms with Gasteiger partial charge in [-0.2, -0.15) is 0 Å². The van der Waals surface area contributed by atoms with Gasteiger partial charge in [0.2, 0.25) is 5.88 Å². The lowest BCUT2D eigenvalue weighted by Crippen LogP contribution is -2.07. The molecule has 4 aromatic rings. The lowest BCUT2D eigenvalue weighted by atomic mass is 10.1. The van der Waals surface area contributed by atoms with Crippen LogP contribution < -0.4 is 4.74 Å². The van der Waals surface area contributed by atoms with Gasteiger partial charge >= 0.3 is 5.91 Å². The van der Waals surface area contributed by atoms with Crippen LogP contribution in [0.1, 0.15) is 5.56 Å². The Balaban J connectivity index is 1.53. The van der Waals surface area contributed by atoms with Crippen molar-refractivity contribution in [2.24, 2.45) is 17.3 Å². The van der Waals surface area contributed by atoms with Crippen LogP contribution >= 0.6 is 15.9 Å². The van der Waals surface area contributed by atoms with Crippen LogP contribution in [0, 0.1) is 6.92 Å². The molecule has 0 bridgehead atoms. The number of amides is 1. The molecule has 1 heterocycles. The van der Waals surface area contributed by atoms with E-state index in [0.29, 0.717) is 11.1 Å². The van der Waals surface area contributed by atoms with E-state index in [2.05, 4.69) is 26.2 Å². The first-order valence-electron chi connectivity index (χ1n) is 8.97. The summed E-state index contributed by atoms with van der Waals surface area (Å²) in [7, 11) is 1.72. The molecule has 6 nitrogen and oxygen atoms in total. The quantitative estimate of drug-likeness (QED) is 0.398. The summed E-state index contributed by atoms with van der Waals surface area (Å²) in [6.07, 6.45) is 0. The third-order valence-electron chi connectivity index (χ3n) is 4.67. The first-order chi connectivity index (χ1) is 13.9. The van der Waals surface area contributed by atoms with E-state index in [-0.39, 0.29) is 18.2 Å². The Morgan fingerprint density at radius 3 is 2.69 bits per heavy atom. The van der Waals surface area contributed by atoms with Crippen molar-refractivity contribution < 1.29 is 14.6 Å². The van der Waals surface area contributed by atoms with E-state index >= 15 is 0 Å². The van der Waals surface area contributed by atoms with Crippen LogP contribution in [0.5, 0.6) is 11.6 Å². The van der Waals surface area contributed by atoms with Crippen LogP contribution in [0.25, 0.3) is 21.7 Å². The van der Waals surface area contributed by atoms with E-state index < -0.39 is 5.91 Å². The summed E-state index contributed by atoms with van der Waals surface area (Å²) in [5.74, 6) is -0.0145. The minimum atomic E-state index is -0.540. The number of carbonyl (C=O) groups excluding carboxylic acids is 1. The van der Waals surface area contributed by atoms with Crippen molar-refractivity contribution >= 4 is 49.2 Å². The SMILES string of the molecule is Cc1cc(Br)c2c(c1)c(N=NC(=O)COc1ccc3ccccc3c1)c(O)n2C. The number of aryl methyl sites for hydroxylation is 2. The van der Waals surface area contributed by atoms with Crippen LogP contribution in [-0.2, 0) is 11.8 Å². The highest BCUT2D eigenvalue weighted by Crippen LogP contribution is 2.41. The molecule has 0 radical (unpaired) electrons. The molecule has 0 atom stereocenters. The average molecular weight is 452 g/mol. The molecule has 0 saturated carbocycles. The smallest absolute Gasteiger partial charge is 0.302 e. The molecule has 0 aliphatic rings. The molecule has 1 amide bonds.